The predicted octanol–water partition coefficient (Wildman–Crippen LogP) is 4.55. The fraction of sp³-hybridized carbons (Fsp3) is 0.267. The molecule has 0 amide bonds. The van der Waals surface area contributed by atoms with E-state index in [-0.39, 0.29) is 0 Å². The molecule has 0 aliphatic carbocycles. The topological polar surface area (TPSA) is 12.9 Å². The van der Waals surface area contributed by atoms with Gasteiger partial charge in [-0.05, 0) is 35.4 Å². The molecule has 0 N–H and O–H groups in total. The lowest BCUT2D eigenvalue weighted by molar-refractivity contribution is 0.864. The highest BCUT2D eigenvalue weighted by molar-refractivity contribution is 8.00. The molecule has 2 aromatic rings. The summed E-state index contributed by atoms with van der Waals surface area (Å²) < 4.78 is 0. The van der Waals surface area contributed by atoms with Gasteiger partial charge in [0, 0.05) is 28.3 Å². The largest absolute Gasteiger partial charge is 0.264 e. The minimum atomic E-state index is 0.641. The number of thioether (sulfide) groups is 2. The minimum Gasteiger partial charge on any atom is -0.264 e. The molecule has 92 valence electrons. The van der Waals surface area contributed by atoms with E-state index in [1.54, 1.807) is 0 Å². The van der Waals surface area contributed by atoms with Crippen molar-refractivity contribution in [2.75, 3.05) is 5.75 Å². The number of aromatic nitrogens is 1. The third-order valence-electron chi connectivity index (χ3n) is 3.08. The van der Waals surface area contributed by atoms with Crippen LogP contribution >= 0.6 is 23.5 Å². The van der Waals surface area contributed by atoms with Crippen molar-refractivity contribution in [1.82, 2.24) is 4.98 Å². The first kappa shape index (κ1) is 12.1. The summed E-state index contributed by atoms with van der Waals surface area (Å²) in [6.45, 7) is 0. The summed E-state index contributed by atoms with van der Waals surface area (Å²) >= 11 is 4.03. The van der Waals surface area contributed by atoms with Crippen molar-refractivity contribution >= 4 is 23.5 Å². The van der Waals surface area contributed by atoms with Crippen LogP contribution in [0.5, 0.6) is 0 Å². The average molecular weight is 273 g/mol. The van der Waals surface area contributed by atoms with Gasteiger partial charge < -0.3 is 0 Å². The molecule has 0 radical (unpaired) electrons. The van der Waals surface area contributed by atoms with E-state index in [0.29, 0.717) is 5.25 Å². The summed E-state index contributed by atoms with van der Waals surface area (Å²) in [7, 11) is 0. The van der Waals surface area contributed by atoms with Crippen LogP contribution in [0.3, 0.4) is 0 Å². The fourth-order valence-electron chi connectivity index (χ4n) is 2.16. The Morgan fingerprint density at radius 1 is 1.22 bits per heavy atom. The molecular weight excluding hydrogens is 258 g/mol. The molecule has 1 unspecified atom stereocenters. The molecule has 1 aromatic heterocycles. The highest BCUT2D eigenvalue weighted by atomic mass is 32.2. The van der Waals surface area contributed by atoms with Crippen LogP contribution < -0.4 is 0 Å². The van der Waals surface area contributed by atoms with Gasteiger partial charge >= 0.3 is 0 Å². The van der Waals surface area contributed by atoms with Gasteiger partial charge in [-0.1, -0.05) is 24.3 Å². The van der Waals surface area contributed by atoms with Crippen LogP contribution in [0.4, 0.5) is 0 Å². The molecule has 3 heteroatoms. The third-order valence-corrected chi connectivity index (χ3v) is 5.59. The second-order valence-corrected chi connectivity index (χ2v) is 6.66. The Morgan fingerprint density at radius 2 is 2.17 bits per heavy atom. The Balaban J connectivity index is 1.71. The predicted molar refractivity (Wildman–Crippen MR) is 80.1 cm³/mol. The molecule has 1 atom stereocenters. The summed E-state index contributed by atoms with van der Waals surface area (Å²) in [5.41, 5.74) is 2.83. The van der Waals surface area contributed by atoms with E-state index in [9.17, 15) is 0 Å². The monoisotopic (exact) mass is 273 g/mol. The first-order valence-electron chi connectivity index (χ1n) is 6.16. The zero-order valence-electron chi connectivity index (χ0n) is 10.1. The van der Waals surface area contributed by atoms with Crippen molar-refractivity contribution in [2.45, 2.75) is 22.3 Å². The molecule has 3 rings (SSSR count). The highest BCUT2D eigenvalue weighted by Crippen LogP contribution is 2.44. The second kappa shape index (κ2) is 5.81. The second-order valence-electron chi connectivity index (χ2n) is 4.34. The zero-order chi connectivity index (χ0) is 12.2. The lowest BCUT2D eigenvalue weighted by Crippen LogP contribution is -2.04. The third kappa shape index (κ3) is 2.73. The van der Waals surface area contributed by atoms with Gasteiger partial charge in [-0.25, -0.2) is 0 Å². The Hall–Kier alpha value is -0.930. The number of benzene rings is 1. The van der Waals surface area contributed by atoms with Crippen molar-refractivity contribution in [3.63, 3.8) is 0 Å². The molecule has 0 fully saturated rings. The van der Waals surface area contributed by atoms with Gasteiger partial charge in [0.15, 0.2) is 0 Å². The summed E-state index contributed by atoms with van der Waals surface area (Å²) in [5.74, 6) is 2.29. The Morgan fingerprint density at radius 3 is 3.06 bits per heavy atom. The maximum Gasteiger partial charge on any atom is 0.0319 e. The van der Waals surface area contributed by atoms with Crippen molar-refractivity contribution < 1.29 is 0 Å². The van der Waals surface area contributed by atoms with E-state index < -0.39 is 0 Å². The van der Waals surface area contributed by atoms with Gasteiger partial charge in [0.05, 0.1) is 0 Å². The van der Waals surface area contributed by atoms with Crippen LogP contribution in [-0.4, -0.2) is 10.7 Å². The summed E-state index contributed by atoms with van der Waals surface area (Å²) in [6.07, 6.45) is 5.07. The van der Waals surface area contributed by atoms with Crippen LogP contribution in [0.25, 0.3) is 0 Å². The molecule has 0 spiro atoms. The Kier molecular flexibility index (Phi) is 3.91. The van der Waals surface area contributed by atoms with E-state index >= 15 is 0 Å². The number of fused-ring (bicyclic) bond motifs is 1. The first-order chi connectivity index (χ1) is 8.93. The van der Waals surface area contributed by atoms with Gasteiger partial charge in [-0.3, -0.25) is 4.98 Å². The lowest BCUT2D eigenvalue weighted by Gasteiger charge is -2.24. The lowest BCUT2D eigenvalue weighted by atomic mass is 10.1. The van der Waals surface area contributed by atoms with Crippen LogP contribution in [-0.2, 0) is 5.75 Å². The smallest absolute Gasteiger partial charge is 0.0319 e. The van der Waals surface area contributed by atoms with E-state index in [4.69, 9.17) is 0 Å². The normalized spacial score (nSPS) is 18.3. The summed E-state index contributed by atoms with van der Waals surface area (Å²) in [4.78, 5) is 5.64. The van der Waals surface area contributed by atoms with Gasteiger partial charge in [0.25, 0.3) is 0 Å². The number of rotatable bonds is 3. The van der Waals surface area contributed by atoms with E-state index in [2.05, 4.69) is 35.3 Å². The number of pyridine rings is 1. The number of nitrogens with zero attached hydrogens (tertiary/aromatic N) is 1. The molecule has 2 heterocycles. The Bertz CT molecular complexity index is 513. The van der Waals surface area contributed by atoms with Crippen molar-refractivity contribution in [3.05, 3.63) is 59.9 Å². The van der Waals surface area contributed by atoms with Crippen LogP contribution in [0, 0.1) is 0 Å². The van der Waals surface area contributed by atoms with Crippen LogP contribution in [0.1, 0.15) is 22.8 Å². The van der Waals surface area contributed by atoms with Crippen LogP contribution in [0.15, 0.2) is 53.7 Å². The van der Waals surface area contributed by atoms with Crippen molar-refractivity contribution in [2.24, 2.45) is 0 Å². The maximum absolute atomic E-state index is 4.18. The Labute approximate surface area is 116 Å². The number of hydrogen-bond acceptors (Lipinski definition) is 3. The van der Waals surface area contributed by atoms with Gasteiger partial charge in [-0.2, -0.15) is 0 Å². The average Bonchev–Trinajstić information content (AvgIpc) is 2.46. The van der Waals surface area contributed by atoms with Gasteiger partial charge in [0.1, 0.15) is 0 Å². The highest BCUT2D eigenvalue weighted by Gasteiger charge is 2.20. The molecule has 1 aromatic carbocycles. The molecule has 0 bridgehead atoms. The molecule has 1 aliphatic heterocycles. The zero-order valence-corrected chi connectivity index (χ0v) is 11.7. The molecular formula is C15H15NS2. The molecule has 18 heavy (non-hydrogen) atoms. The van der Waals surface area contributed by atoms with Gasteiger partial charge in [0.2, 0.25) is 0 Å². The number of hydrogen-bond donors (Lipinski definition) is 0. The van der Waals surface area contributed by atoms with E-state index in [0.717, 1.165) is 5.75 Å². The molecule has 0 saturated heterocycles. The molecule has 1 aliphatic rings. The van der Waals surface area contributed by atoms with E-state index in [1.165, 1.54) is 28.2 Å². The SMILES string of the molecule is c1cncc(CSC2CCSc3ccccc32)c1. The maximum atomic E-state index is 4.18. The van der Waals surface area contributed by atoms with Crippen molar-refractivity contribution in [1.29, 1.82) is 0 Å². The fourth-order valence-corrected chi connectivity index (χ4v) is 4.75. The van der Waals surface area contributed by atoms with Crippen molar-refractivity contribution in [3.8, 4) is 0 Å². The molecule has 0 saturated carbocycles. The summed E-state index contributed by atoms with van der Waals surface area (Å²) in [5, 5.41) is 0.641. The van der Waals surface area contributed by atoms with Crippen LogP contribution in [0.2, 0.25) is 0 Å². The standard InChI is InChI=1S/C15H15NS2/c1-2-6-14-13(5-1)15(7-9-17-14)18-11-12-4-3-8-16-10-12/h1-6,8,10,15H,7,9,11H2. The quantitative estimate of drug-likeness (QED) is 0.814. The van der Waals surface area contributed by atoms with Gasteiger partial charge in [-0.15, -0.1) is 23.5 Å². The first-order valence-corrected chi connectivity index (χ1v) is 8.19. The molecule has 1 nitrogen and oxygen atoms in total. The minimum absolute atomic E-state index is 0.641. The van der Waals surface area contributed by atoms with E-state index in [1.807, 2.05) is 42.0 Å². The summed E-state index contributed by atoms with van der Waals surface area (Å²) in [6, 6.07) is 13.0.